The average Bonchev–Trinajstić information content (AvgIpc) is 3.10. The number of methoxy groups -OCH3 is 1. The van der Waals surface area contributed by atoms with E-state index in [2.05, 4.69) is 5.32 Å². The van der Waals surface area contributed by atoms with Crippen LogP contribution in [0.3, 0.4) is 0 Å². The molecule has 0 heterocycles. The summed E-state index contributed by atoms with van der Waals surface area (Å²) in [7, 11) is -2.77. The number of carbonyl (C=O) groups is 2. The standard InChI is InChI=1S/C38H41Cl2N3O5S/c1-27-16-19-33(20-17-27)49(46,47)43(35-24-30(39)18-21-34(35)40)26-37(44)42(25-29-12-9-15-32(22-29)48-2)36(23-28-10-5-3-6-11-28)38(45)41-31-13-7-4-8-14-31/h3,5-6,9-12,15-22,24,31,36H,4,7-8,13-14,23,25-26H2,1-2H3,(H,41,45)/t36-/m1/s1. The van der Waals surface area contributed by atoms with E-state index in [0.717, 1.165) is 47.5 Å². The SMILES string of the molecule is COc1cccc(CN(C(=O)CN(c2cc(Cl)ccc2Cl)S(=O)(=O)c2ccc(C)cc2)[C@H](Cc2ccccc2)C(=O)NC2CCCCC2)c1. The van der Waals surface area contributed by atoms with Crippen molar-refractivity contribution < 1.29 is 22.7 Å². The van der Waals surface area contributed by atoms with E-state index in [4.69, 9.17) is 27.9 Å². The Kier molecular flexibility index (Phi) is 12.3. The maximum Gasteiger partial charge on any atom is 0.264 e. The number of anilines is 1. The molecule has 8 nitrogen and oxygen atoms in total. The van der Waals surface area contributed by atoms with Crippen LogP contribution in [0.15, 0.2) is 102 Å². The van der Waals surface area contributed by atoms with Gasteiger partial charge in [0, 0.05) is 24.0 Å². The molecule has 258 valence electrons. The number of ether oxygens (including phenoxy) is 1. The Morgan fingerprint density at radius 1 is 0.878 bits per heavy atom. The first-order valence-electron chi connectivity index (χ1n) is 16.4. The Balaban J connectivity index is 1.59. The van der Waals surface area contributed by atoms with Crippen molar-refractivity contribution in [3.8, 4) is 5.75 Å². The number of nitrogens with one attached hydrogen (secondary N) is 1. The number of hydrogen-bond acceptors (Lipinski definition) is 5. The molecule has 1 N–H and O–H groups in total. The molecule has 1 aliphatic carbocycles. The van der Waals surface area contributed by atoms with Gasteiger partial charge in [0.15, 0.2) is 0 Å². The second-order valence-corrected chi connectivity index (χ2v) is 15.0. The third-order valence-electron chi connectivity index (χ3n) is 8.77. The highest BCUT2D eigenvalue weighted by Gasteiger charge is 2.36. The molecule has 0 unspecified atom stereocenters. The van der Waals surface area contributed by atoms with E-state index in [-0.39, 0.29) is 45.5 Å². The van der Waals surface area contributed by atoms with Crippen LogP contribution in [0.25, 0.3) is 0 Å². The summed E-state index contributed by atoms with van der Waals surface area (Å²) in [6, 6.07) is 26.6. The zero-order valence-corrected chi connectivity index (χ0v) is 30.0. The number of amides is 2. The minimum Gasteiger partial charge on any atom is -0.497 e. The maximum atomic E-state index is 14.8. The Hall–Kier alpha value is -4.05. The van der Waals surface area contributed by atoms with Crippen LogP contribution in [0, 0.1) is 6.92 Å². The number of rotatable bonds is 13. The molecule has 0 radical (unpaired) electrons. The Morgan fingerprint density at radius 2 is 1.57 bits per heavy atom. The fourth-order valence-corrected chi connectivity index (χ4v) is 7.95. The van der Waals surface area contributed by atoms with Crippen LogP contribution >= 0.6 is 23.2 Å². The van der Waals surface area contributed by atoms with E-state index in [0.29, 0.717) is 11.3 Å². The highest BCUT2D eigenvalue weighted by Crippen LogP contribution is 2.33. The quantitative estimate of drug-likeness (QED) is 0.154. The number of sulfonamides is 1. The second-order valence-electron chi connectivity index (χ2n) is 12.3. The van der Waals surface area contributed by atoms with E-state index in [1.54, 1.807) is 37.4 Å². The molecule has 1 fully saturated rings. The Bertz CT molecular complexity index is 1850. The maximum absolute atomic E-state index is 14.8. The van der Waals surface area contributed by atoms with E-state index in [1.165, 1.54) is 29.2 Å². The molecule has 0 aliphatic heterocycles. The molecule has 5 rings (SSSR count). The van der Waals surface area contributed by atoms with Crippen molar-refractivity contribution in [3.05, 3.63) is 124 Å². The van der Waals surface area contributed by atoms with Crippen molar-refractivity contribution in [1.29, 1.82) is 0 Å². The molecule has 1 atom stereocenters. The molecular formula is C38H41Cl2N3O5S. The zero-order chi connectivity index (χ0) is 35.0. The lowest BCUT2D eigenvalue weighted by molar-refractivity contribution is -0.140. The van der Waals surface area contributed by atoms with Gasteiger partial charge in [-0.2, -0.15) is 0 Å². The summed E-state index contributed by atoms with van der Waals surface area (Å²) in [5, 5.41) is 3.57. The van der Waals surface area contributed by atoms with Gasteiger partial charge in [-0.15, -0.1) is 0 Å². The van der Waals surface area contributed by atoms with Crippen LogP contribution in [0.4, 0.5) is 5.69 Å². The number of halogens is 2. The molecule has 11 heteroatoms. The van der Waals surface area contributed by atoms with Crippen molar-refractivity contribution in [2.24, 2.45) is 0 Å². The summed E-state index contributed by atoms with van der Waals surface area (Å²) in [4.78, 5) is 30.5. The molecule has 0 bridgehead atoms. The van der Waals surface area contributed by atoms with E-state index in [9.17, 15) is 18.0 Å². The number of carbonyl (C=O) groups excluding carboxylic acids is 2. The fraction of sp³-hybridized carbons (Fsp3) is 0.316. The van der Waals surface area contributed by atoms with Gasteiger partial charge >= 0.3 is 0 Å². The third kappa shape index (κ3) is 9.35. The van der Waals surface area contributed by atoms with Gasteiger partial charge in [0.05, 0.1) is 22.7 Å². The molecule has 1 aliphatic rings. The van der Waals surface area contributed by atoms with Crippen LogP contribution in [0.5, 0.6) is 5.75 Å². The summed E-state index contributed by atoms with van der Waals surface area (Å²) in [5.41, 5.74) is 2.50. The van der Waals surface area contributed by atoms with Crippen LogP contribution in [-0.2, 0) is 32.6 Å². The van der Waals surface area contributed by atoms with Crippen LogP contribution in [0.1, 0.15) is 48.8 Å². The van der Waals surface area contributed by atoms with Gasteiger partial charge in [-0.1, -0.05) is 103 Å². The van der Waals surface area contributed by atoms with Gasteiger partial charge in [-0.05, 0) is 73.4 Å². The molecule has 4 aromatic carbocycles. The first kappa shape index (κ1) is 36.2. The van der Waals surface area contributed by atoms with Crippen molar-refractivity contribution in [2.75, 3.05) is 18.0 Å². The molecule has 4 aromatic rings. The number of hydrogen-bond donors (Lipinski definition) is 1. The van der Waals surface area contributed by atoms with Gasteiger partial charge in [0.2, 0.25) is 11.8 Å². The highest BCUT2D eigenvalue weighted by molar-refractivity contribution is 7.92. The predicted molar refractivity (Wildman–Crippen MR) is 195 cm³/mol. The molecular weight excluding hydrogens is 681 g/mol. The molecule has 1 saturated carbocycles. The minimum atomic E-state index is -4.33. The molecule has 0 spiro atoms. The largest absolute Gasteiger partial charge is 0.497 e. The first-order valence-corrected chi connectivity index (χ1v) is 18.6. The molecule has 0 aromatic heterocycles. The molecule has 49 heavy (non-hydrogen) atoms. The number of benzene rings is 4. The smallest absolute Gasteiger partial charge is 0.264 e. The van der Waals surface area contributed by atoms with Gasteiger partial charge in [-0.3, -0.25) is 13.9 Å². The van der Waals surface area contributed by atoms with Crippen LogP contribution in [0.2, 0.25) is 10.0 Å². The van der Waals surface area contributed by atoms with E-state index >= 15 is 0 Å². The van der Waals surface area contributed by atoms with Gasteiger partial charge in [-0.25, -0.2) is 8.42 Å². The molecule has 2 amide bonds. The summed E-state index contributed by atoms with van der Waals surface area (Å²) < 4.78 is 35.1. The fourth-order valence-electron chi connectivity index (χ4n) is 6.09. The van der Waals surface area contributed by atoms with Crippen molar-refractivity contribution in [3.63, 3.8) is 0 Å². The third-order valence-corrected chi connectivity index (χ3v) is 11.1. The topological polar surface area (TPSA) is 96.0 Å². The zero-order valence-electron chi connectivity index (χ0n) is 27.6. The lowest BCUT2D eigenvalue weighted by Gasteiger charge is -2.35. The monoisotopic (exact) mass is 721 g/mol. The lowest BCUT2D eigenvalue weighted by Crippen LogP contribution is -2.55. The van der Waals surface area contributed by atoms with Crippen LogP contribution < -0.4 is 14.4 Å². The summed E-state index contributed by atoms with van der Waals surface area (Å²) in [5.74, 6) is -0.291. The predicted octanol–water partition coefficient (Wildman–Crippen LogP) is 7.59. The second kappa shape index (κ2) is 16.6. The van der Waals surface area contributed by atoms with Gasteiger partial charge in [0.1, 0.15) is 18.3 Å². The summed E-state index contributed by atoms with van der Waals surface area (Å²) in [6.45, 7) is 1.24. The summed E-state index contributed by atoms with van der Waals surface area (Å²) in [6.07, 6.45) is 5.11. The average molecular weight is 723 g/mol. The number of nitrogens with zero attached hydrogens (tertiary/aromatic N) is 2. The minimum absolute atomic E-state index is 0.00280. The highest BCUT2D eigenvalue weighted by atomic mass is 35.5. The van der Waals surface area contributed by atoms with Gasteiger partial charge < -0.3 is 15.0 Å². The van der Waals surface area contributed by atoms with E-state index < -0.39 is 28.5 Å². The van der Waals surface area contributed by atoms with Gasteiger partial charge in [0.25, 0.3) is 10.0 Å². The van der Waals surface area contributed by atoms with Crippen molar-refractivity contribution in [2.45, 2.75) is 69.0 Å². The molecule has 0 saturated heterocycles. The van der Waals surface area contributed by atoms with E-state index in [1.807, 2.05) is 49.4 Å². The lowest BCUT2D eigenvalue weighted by atomic mass is 9.94. The van der Waals surface area contributed by atoms with Crippen molar-refractivity contribution >= 4 is 50.7 Å². The van der Waals surface area contributed by atoms with Crippen LogP contribution in [-0.4, -0.2) is 50.9 Å². The Labute approximate surface area is 299 Å². The Morgan fingerprint density at radius 3 is 2.27 bits per heavy atom. The number of aryl methyl sites for hydroxylation is 1. The normalized spacial score (nSPS) is 14.1. The van der Waals surface area contributed by atoms with Crippen molar-refractivity contribution in [1.82, 2.24) is 10.2 Å². The summed E-state index contributed by atoms with van der Waals surface area (Å²) >= 11 is 12.9. The first-order chi connectivity index (χ1) is 23.5.